The van der Waals surface area contributed by atoms with Gasteiger partial charge >= 0.3 is 6.09 Å². The van der Waals surface area contributed by atoms with E-state index in [2.05, 4.69) is 15.0 Å². The summed E-state index contributed by atoms with van der Waals surface area (Å²) in [6.45, 7) is 10.6. The zero-order chi connectivity index (χ0) is 34.9. The van der Waals surface area contributed by atoms with E-state index >= 15 is 4.39 Å². The highest BCUT2D eigenvalue weighted by Crippen LogP contribution is 2.43. The molecule has 1 unspecified atom stereocenters. The Kier molecular flexibility index (Phi) is 10.3. The second kappa shape index (κ2) is 13.8. The lowest BCUT2D eigenvalue weighted by Crippen LogP contribution is -2.52. The molecule has 2 amide bonds. The van der Waals surface area contributed by atoms with Crippen LogP contribution in [0.5, 0.6) is 0 Å². The largest absolute Gasteiger partial charge is 0.598 e. The van der Waals surface area contributed by atoms with Crippen LogP contribution in [0.3, 0.4) is 0 Å². The minimum Gasteiger partial charge on any atom is -0.598 e. The van der Waals surface area contributed by atoms with E-state index in [0.717, 1.165) is 24.8 Å². The van der Waals surface area contributed by atoms with Crippen LogP contribution in [0.15, 0.2) is 73.1 Å². The molecule has 1 saturated heterocycles. The Morgan fingerprint density at radius 2 is 1.71 bits per heavy atom. The minimum atomic E-state index is -1.53. The lowest BCUT2D eigenvalue weighted by molar-refractivity contribution is -0.120. The number of amides is 2. The predicted octanol–water partition coefficient (Wildman–Crippen LogP) is 6.54. The van der Waals surface area contributed by atoms with Gasteiger partial charge in [0.15, 0.2) is 0 Å². The molecule has 5 rings (SSSR count). The third kappa shape index (κ3) is 8.19. The van der Waals surface area contributed by atoms with Crippen molar-refractivity contribution in [2.75, 3.05) is 11.9 Å². The van der Waals surface area contributed by atoms with Crippen LogP contribution in [0.1, 0.15) is 90.3 Å². The molecule has 258 valence electrons. The number of aromatic nitrogens is 1. The number of aliphatic hydroxyl groups is 1. The average Bonchev–Trinajstić information content (AvgIpc) is 3.79. The molecule has 9 nitrogen and oxygen atoms in total. The van der Waals surface area contributed by atoms with Crippen LogP contribution < -0.4 is 10.0 Å². The van der Waals surface area contributed by atoms with Gasteiger partial charge in [0, 0.05) is 30.2 Å². The molecule has 0 radical (unpaired) electrons. The number of nitrogens with one attached hydrogen (secondary N) is 2. The maximum absolute atomic E-state index is 15.6. The maximum atomic E-state index is 15.6. The Morgan fingerprint density at radius 1 is 1.04 bits per heavy atom. The fraction of sp³-hybridized carbons (Fsp3) is 0.486. The number of β-amino-alcohol motifs (C(OH)–C–C–N with tert-alkyl or cyclic N) is 1. The number of ether oxygens (including phenoxy) is 1. The van der Waals surface area contributed by atoms with Crippen LogP contribution in [0, 0.1) is 11.7 Å². The molecule has 1 aromatic heterocycles. The second-order valence-electron chi connectivity index (χ2n) is 15.0. The summed E-state index contributed by atoms with van der Waals surface area (Å²) in [7, 11) is 0. The van der Waals surface area contributed by atoms with Crippen LogP contribution >= 0.6 is 0 Å². The van der Waals surface area contributed by atoms with Crippen LogP contribution in [0.2, 0.25) is 0 Å². The molecule has 1 aliphatic carbocycles. The third-order valence-electron chi connectivity index (χ3n) is 8.92. The van der Waals surface area contributed by atoms with Crippen molar-refractivity contribution >= 4 is 29.0 Å². The molecule has 11 heteroatoms. The van der Waals surface area contributed by atoms with Gasteiger partial charge in [0.05, 0.1) is 12.2 Å². The molecule has 3 aromatic rings. The highest BCUT2D eigenvalue weighted by Gasteiger charge is 2.50. The van der Waals surface area contributed by atoms with Gasteiger partial charge in [-0.05, 0) is 101 Å². The van der Waals surface area contributed by atoms with Gasteiger partial charge in [0.1, 0.15) is 33.3 Å². The Labute approximate surface area is 286 Å². The maximum Gasteiger partial charge on any atom is 0.411 e. The van der Waals surface area contributed by atoms with E-state index in [1.165, 1.54) is 11.0 Å². The average molecular weight is 679 g/mol. The predicted molar refractivity (Wildman–Crippen MR) is 185 cm³/mol. The Morgan fingerprint density at radius 3 is 2.31 bits per heavy atom. The zero-order valence-electron chi connectivity index (χ0n) is 28.6. The van der Waals surface area contributed by atoms with E-state index in [4.69, 9.17) is 4.74 Å². The summed E-state index contributed by atoms with van der Waals surface area (Å²) >= 11 is -1.51. The number of rotatable bonds is 10. The lowest BCUT2D eigenvalue weighted by atomic mass is 9.79. The van der Waals surface area contributed by atoms with Crippen LogP contribution in [-0.2, 0) is 32.0 Å². The van der Waals surface area contributed by atoms with Gasteiger partial charge in [-0.3, -0.25) is 14.7 Å². The molecule has 0 spiro atoms. The molecule has 4 atom stereocenters. The summed E-state index contributed by atoms with van der Waals surface area (Å²) in [5.41, 5.74) is -1.45. The first kappa shape index (κ1) is 35.8. The quantitative estimate of drug-likeness (QED) is 0.208. The highest BCUT2D eigenvalue weighted by molar-refractivity contribution is 7.90. The van der Waals surface area contributed by atoms with Crippen molar-refractivity contribution in [3.63, 3.8) is 0 Å². The summed E-state index contributed by atoms with van der Waals surface area (Å²) in [6, 6.07) is 15.9. The number of anilines is 1. The highest BCUT2D eigenvalue weighted by atomic mass is 32.2. The fourth-order valence-electron chi connectivity index (χ4n) is 6.09. The number of carbonyl (C=O) groups is 2. The molecule has 1 aliphatic heterocycles. The topological polar surface area (TPSA) is 127 Å². The molecular weight excluding hydrogens is 631 g/mol. The van der Waals surface area contributed by atoms with Gasteiger partial charge in [0.2, 0.25) is 5.91 Å². The first-order valence-corrected chi connectivity index (χ1v) is 17.6. The molecule has 2 fully saturated rings. The van der Waals surface area contributed by atoms with Crippen molar-refractivity contribution in [1.29, 1.82) is 0 Å². The fourth-order valence-corrected chi connectivity index (χ4v) is 7.05. The van der Waals surface area contributed by atoms with Crippen LogP contribution in [-0.4, -0.2) is 54.5 Å². The second-order valence-corrected chi connectivity index (χ2v) is 17.0. The smallest absolute Gasteiger partial charge is 0.411 e. The summed E-state index contributed by atoms with van der Waals surface area (Å²) < 4.78 is 37.8. The van der Waals surface area contributed by atoms with Gasteiger partial charge in [-0.2, -0.15) is 0 Å². The first-order chi connectivity index (χ1) is 22.5. The Bertz CT molecular complexity index is 1590. The van der Waals surface area contributed by atoms with Crippen molar-refractivity contribution < 1.29 is 28.4 Å². The van der Waals surface area contributed by atoms with Gasteiger partial charge in [0.25, 0.3) is 0 Å². The summed E-state index contributed by atoms with van der Waals surface area (Å²) in [4.78, 5) is 32.8. The number of pyridine rings is 1. The van der Waals surface area contributed by atoms with Gasteiger partial charge in [-0.1, -0.05) is 49.2 Å². The van der Waals surface area contributed by atoms with Crippen molar-refractivity contribution in [3.8, 4) is 0 Å². The number of carbonyl (C=O) groups excluding carboxylic acids is 2. The number of halogens is 1. The molecule has 2 aromatic carbocycles. The Balaban J connectivity index is 1.52. The van der Waals surface area contributed by atoms with Crippen LogP contribution in [0.25, 0.3) is 0 Å². The van der Waals surface area contributed by atoms with Crippen molar-refractivity contribution in [3.05, 3.63) is 95.6 Å². The van der Waals surface area contributed by atoms with Crippen molar-refractivity contribution in [2.45, 2.75) is 101 Å². The normalized spacial score (nSPS) is 21.8. The molecule has 48 heavy (non-hydrogen) atoms. The SMILES string of the molecule is CC(C)(C)OC(=O)N1C[C@@](O)(c2ccccc2)C[C@@H]1C(=O)Nc1cc(C(CCC2CC2)(N[S@+]([O-])C(C)(C)C)c2ccncc2)ccc1F. The van der Waals surface area contributed by atoms with Crippen LogP contribution in [0.4, 0.5) is 14.9 Å². The third-order valence-corrected chi connectivity index (χ3v) is 10.6. The molecule has 2 aliphatic rings. The number of likely N-dealkylation sites (tertiary alicyclic amines) is 1. The first-order valence-electron chi connectivity index (χ1n) is 16.5. The Hall–Kier alpha value is -3.51. The van der Waals surface area contributed by atoms with Gasteiger partial charge in [-0.15, -0.1) is 4.72 Å². The van der Waals surface area contributed by atoms with Crippen molar-refractivity contribution in [1.82, 2.24) is 14.6 Å². The lowest BCUT2D eigenvalue weighted by Gasteiger charge is -2.39. The van der Waals surface area contributed by atoms with E-state index in [0.29, 0.717) is 23.5 Å². The molecule has 1 saturated carbocycles. The van der Waals surface area contributed by atoms with E-state index in [1.54, 1.807) is 69.6 Å². The zero-order valence-corrected chi connectivity index (χ0v) is 29.4. The van der Waals surface area contributed by atoms with Crippen molar-refractivity contribution in [2.24, 2.45) is 5.92 Å². The molecule has 0 bridgehead atoms. The molecule has 3 N–H and O–H groups in total. The van der Waals surface area contributed by atoms with Gasteiger partial charge in [-0.25, -0.2) is 9.18 Å². The standard InChI is InChI=1S/C37H47FN4O5S/c1-34(2,3)47-33(44)42-24-36(45,26-10-8-7-9-11-26)23-31(42)32(43)40-30-22-28(14-15-29(30)38)37(19-16-25-12-13-25,27-17-20-39-21-18-27)41-48(46)35(4,5)6/h7-11,14-15,17-18,20-22,25,31,41,45H,12-13,16,19,23-24H2,1-6H3,(H,40,43)/t31-,36-,37?,48-/m1/s1. The van der Waals surface area contributed by atoms with E-state index in [9.17, 15) is 19.2 Å². The summed E-state index contributed by atoms with van der Waals surface area (Å²) in [5.74, 6) is -0.780. The number of nitrogens with zero attached hydrogens (tertiary/aromatic N) is 2. The number of benzene rings is 2. The van der Waals surface area contributed by atoms with E-state index < -0.39 is 56.7 Å². The van der Waals surface area contributed by atoms with E-state index in [1.807, 2.05) is 39.0 Å². The number of hydrogen-bond donors (Lipinski definition) is 3. The summed E-state index contributed by atoms with van der Waals surface area (Å²) in [5, 5.41) is 14.4. The molecular formula is C37H47FN4O5S. The summed E-state index contributed by atoms with van der Waals surface area (Å²) in [6.07, 6.45) is 6.19. The monoisotopic (exact) mass is 678 g/mol. The van der Waals surface area contributed by atoms with Gasteiger partial charge < -0.3 is 19.7 Å². The molecule has 2 heterocycles. The van der Waals surface area contributed by atoms with E-state index in [-0.39, 0.29) is 18.7 Å². The number of hydrogen-bond acceptors (Lipinski definition) is 7. The minimum absolute atomic E-state index is 0.0926.